The molecule has 6 nitrogen and oxygen atoms in total. The maximum Gasteiger partial charge on any atom is 0.407 e. The number of carbonyl (C=O) groups excluding carboxylic acids is 2. The van der Waals surface area contributed by atoms with E-state index in [9.17, 15) is 9.59 Å². The van der Waals surface area contributed by atoms with Crippen molar-refractivity contribution in [2.24, 2.45) is 17.1 Å². The number of methoxy groups -OCH3 is 1. The van der Waals surface area contributed by atoms with Crippen molar-refractivity contribution < 1.29 is 14.3 Å². The van der Waals surface area contributed by atoms with Gasteiger partial charge in [0, 0.05) is 13.1 Å². The van der Waals surface area contributed by atoms with Gasteiger partial charge in [0.05, 0.1) is 13.2 Å². The van der Waals surface area contributed by atoms with Crippen LogP contribution in [0.5, 0.6) is 0 Å². The standard InChI is InChI=1S/C13H25N3O3/c1-13(2,3)6-9-5-10(15-12(18)19-4)8-16(7-9)11(14)17/h9-10H,5-8H2,1-4H3,(H2,14,17)(H,15,18). The van der Waals surface area contributed by atoms with Crippen LogP contribution >= 0.6 is 0 Å². The summed E-state index contributed by atoms with van der Waals surface area (Å²) < 4.78 is 4.60. The molecule has 0 aliphatic carbocycles. The van der Waals surface area contributed by atoms with Crippen LogP contribution in [0.2, 0.25) is 0 Å². The Hall–Kier alpha value is -1.46. The Morgan fingerprint density at radius 3 is 2.47 bits per heavy atom. The average Bonchev–Trinajstić information content (AvgIpc) is 2.25. The van der Waals surface area contributed by atoms with E-state index in [2.05, 4.69) is 30.8 Å². The molecule has 3 amide bonds. The van der Waals surface area contributed by atoms with Crippen molar-refractivity contribution in [1.29, 1.82) is 0 Å². The van der Waals surface area contributed by atoms with Crippen LogP contribution in [0.4, 0.5) is 9.59 Å². The zero-order valence-corrected chi connectivity index (χ0v) is 12.2. The lowest BCUT2D eigenvalue weighted by atomic mass is 9.80. The summed E-state index contributed by atoms with van der Waals surface area (Å²) in [5.74, 6) is 0.336. The molecule has 0 radical (unpaired) electrons. The second kappa shape index (κ2) is 6.12. The molecule has 110 valence electrons. The second-order valence-corrected chi connectivity index (χ2v) is 6.44. The van der Waals surface area contributed by atoms with Crippen LogP contribution in [-0.4, -0.2) is 43.3 Å². The van der Waals surface area contributed by atoms with Crippen molar-refractivity contribution in [3.63, 3.8) is 0 Å². The molecule has 1 fully saturated rings. The van der Waals surface area contributed by atoms with Gasteiger partial charge in [-0.05, 0) is 24.2 Å². The number of piperidine rings is 1. The fourth-order valence-electron chi connectivity index (χ4n) is 2.73. The predicted molar refractivity (Wildman–Crippen MR) is 72.7 cm³/mol. The van der Waals surface area contributed by atoms with Gasteiger partial charge in [0.15, 0.2) is 0 Å². The highest BCUT2D eigenvalue weighted by atomic mass is 16.5. The Labute approximate surface area is 114 Å². The van der Waals surface area contributed by atoms with Crippen LogP contribution in [0.25, 0.3) is 0 Å². The molecule has 1 heterocycles. The van der Waals surface area contributed by atoms with Gasteiger partial charge in [-0.3, -0.25) is 0 Å². The first-order valence-corrected chi connectivity index (χ1v) is 6.60. The largest absolute Gasteiger partial charge is 0.453 e. The third kappa shape index (κ3) is 5.36. The number of nitrogens with zero attached hydrogens (tertiary/aromatic N) is 1. The minimum atomic E-state index is -0.467. The molecule has 0 aromatic heterocycles. The van der Waals surface area contributed by atoms with Crippen molar-refractivity contribution in [3.8, 4) is 0 Å². The Balaban J connectivity index is 2.68. The fourth-order valence-corrected chi connectivity index (χ4v) is 2.73. The molecule has 3 N–H and O–H groups in total. The lowest BCUT2D eigenvalue weighted by Crippen LogP contribution is -2.54. The molecule has 1 rings (SSSR count). The highest BCUT2D eigenvalue weighted by Gasteiger charge is 2.32. The molecule has 0 aromatic rings. The Kier molecular flexibility index (Phi) is 5.03. The van der Waals surface area contributed by atoms with Crippen LogP contribution in [0, 0.1) is 11.3 Å². The van der Waals surface area contributed by atoms with Crippen molar-refractivity contribution in [2.75, 3.05) is 20.2 Å². The summed E-state index contributed by atoms with van der Waals surface area (Å²) in [5, 5.41) is 2.76. The van der Waals surface area contributed by atoms with Gasteiger partial charge in [-0.1, -0.05) is 20.8 Å². The molecule has 0 saturated carbocycles. The van der Waals surface area contributed by atoms with Gasteiger partial charge in [-0.2, -0.15) is 0 Å². The van der Waals surface area contributed by atoms with Crippen molar-refractivity contribution in [2.45, 2.75) is 39.7 Å². The molecule has 0 aromatic carbocycles. The molecule has 0 spiro atoms. The van der Waals surface area contributed by atoms with Gasteiger partial charge in [0.25, 0.3) is 0 Å². The van der Waals surface area contributed by atoms with Crippen molar-refractivity contribution in [3.05, 3.63) is 0 Å². The first-order valence-electron chi connectivity index (χ1n) is 6.60. The first kappa shape index (κ1) is 15.6. The highest BCUT2D eigenvalue weighted by Crippen LogP contribution is 2.30. The summed E-state index contributed by atoms with van der Waals surface area (Å²) in [6.07, 6.45) is 1.36. The van der Waals surface area contributed by atoms with E-state index in [0.717, 1.165) is 12.8 Å². The number of likely N-dealkylation sites (tertiary alicyclic amines) is 1. The maximum absolute atomic E-state index is 11.4. The SMILES string of the molecule is COC(=O)NC1CC(CC(C)(C)C)CN(C(N)=O)C1. The van der Waals surface area contributed by atoms with Crippen molar-refractivity contribution >= 4 is 12.1 Å². The van der Waals surface area contributed by atoms with E-state index in [4.69, 9.17) is 5.73 Å². The molecule has 19 heavy (non-hydrogen) atoms. The van der Waals surface area contributed by atoms with E-state index in [1.165, 1.54) is 7.11 Å². The molecule has 1 aliphatic heterocycles. The van der Waals surface area contributed by atoms with Crippen LogP contribution in [0.1, 0.15) is 33.6 Å². The monoisotopic (exact) mass is 271 g/mol. The summed E-state index contributed by atoms with van der Waals surface area (Å²) in [6.45, 7) is 7.61. The number of rotatable bonds is 2. The number of hydrogen-bond donors (Lipinski definition) is 2. The zero-order valence-electron chi connectivity index (χ0n) is 12.2. The number of nitrogens with two attached hydrogens (primary N) is 1. The number of primary amides is 1. The molecule has 2 atom stereocenters. The van der Waals surface area contributed by atoms with Crippen LogP contribution in [0.3, 0.4) is 0 Å². The topological polar surface area (TPSA) is 84.7 Å². The number of urea groups is 1. The Bertz CT molecular complexity index is 339. The summed E-state index contributed by atoms with van der Waals surface area (Å²) in [5.41, 5.74) is 5.54. The fraction of sp³-hybridized carbons (Fsp3) is 0.846. The smallest absolute Gasteiger partial charge is 0.407 e. The Morgan fingerprint density at radius 1 is 1.37 bits per heavy atom. The highest BCUT2D eigenvalue weighted by molar-refractivity contribution is 5.72. The van der Waals surface area contributed by atoms with E-state index in [-0.39, 0.29) is 11.5 Å². The number of hydrogen-bond acceptors (Lipinski definition) is 3. The van der Waals surface area contributed by atoms with Gasteiger partial charge in [-0.15, -0.1) is 0 Å². The third-order valence-electron chi connectivity index (χ3n) is 3.26. The quantitative estimate of drug-likeness (QED) is 0.799. The number of amides is 3. The summed E-state index contributed by atoms with van der Waals surface area (Å²) in [4.78, 5) is 24.2. The molecule has 2 unspecified atom stereocenters. The van der Waals surface area contributed by atoms with Crippen LogP contribution in [-0.2, 0) is 4.74 Å². The molecule has 0 bridgehead atoms. The van der Waals surface area contributed by atoms with E-state index in [1.54, 1.807) is 4.90 Å². The maximum atomic E-state index is 11.4. The van der Waals surface area contributed by atoms with E-state index in [1.807, 2.05) is 0 Å². The second-order valence-electron chi connectivity index (χ2n) is 6.44. The number of ether oxygens (including phenoxy) is 1. The molecule has 6 heteroatoms. The number of nitrogens with one attached hydrogen (secondary N) is 1. The number of carbonyl (C=O) groups is 2. The lowest BCUT2D eigenvalue weighted by molar-refractivity contribution is 0.120. The van der Waals surface area contributed by atoms with Gasteiger partial charge in [0.2, 0.25) is 0 Å². The third-order valence-corrected chi connectivity index (χ3v) is 3.26. The molecular formula is C13H25N3O3. The van der Waals surface area contributed by atoms with Gasteiger partial charge >= 0.3 is 12.1 Å². The normalized spacial score (nSPS) is 23.9. The Morgan fingerprint density at radius 2 is 2.00 bits per heavy atom. The average molecular weight is 271 g/mol. The zero-order chi connectivity index (χ0) is 14.6. The van der Waals surface area contributed by atoms with E-state index < -0.39 is 12.1 Å². The van der Waals surface area contributed by atoms with Gasteiger partial charge in [-0.25, -0.2) is 9.59 Å². The summed E-state index contributed by atoms with van der Waals surface area (Å²) in [7, 11) is 1.33. The molecule has 1 saturated heterocycles. The predicted octanol–water partition coefficient (Wildman–Crippen LogP) is 1.55. The van der Waals surface area contributed by atoms with Crippen LogP contribution in [0.15, 0.2) is 0 Å². The minimum absolute atomic E-state index is 0.0963. The van der Waals surface area contributed by atoms with E-state index in [0.29, 0.717) is 19.0 Å². The van der Waals surface area contributed by atoms with E-state index >= 15 is 0 Å². The van der Waals surface area contributed by atoms with Crippen molar-refractivity contribution in [1.82, 2.24) is 10.2 Å². The van der Waals surface area contributed by atoms with Crippen LogP contribution < -0.4 is 11.1 Å². The summed E-state index contributed by atoms with van der Waals surface area (Å²) in [6, 6.07) is -0.531. The molecule has 1 aliphatic rings. The summed E-state index contributed by atoms with van der Waals surface area (Å²) >= 11 is 0. The van der Waals surface area contributed by atoms with Gasteiger partial charge in [0.1, 0.15) is 0 Å². The lowest BCUT2D eigenvalue weighted by Gasteiger charge is -2.39. The molecular weight excluding hydrogens is 246 g/mol. The minimum Gasteiger partial charge on any atom is -0.453 e. The first-order chi connectivity index (χ1) is 8.71. The van der Waals surface area contributed by atoms with Gasteiger partial charge < -0.3 is 20.7 Å². The number of alkyl carbamates (subject to hydrolysis) is 1.